The Hall–Kier alpha value is -2.58. The molecule has 4 unspecified atom stereocenters. The zero-order valence-corrected chi connectivity index (χ0v) is 17.0. The molecular weight excluding hydrogens is 394 g/mol. The second-order valence-corrected chi connectivity index (χ2v) is 9.20. The van der Waals surface area contributed by atoms with Crippen molar-refractivity contribution in [1.29, 1.82) is 0 Å². The van der Waals surface area contributed by atoms with Crippen molar-refractivity contribution in [2.45, 2.75) is 48.6 Å². The second kappa shape index (κ2) is 7.35. The van der Waals surface area contributed by atoms with Crippen molar-refractivity contribution >= 4 is 16.0 Å². The van der Waals surface area contributed by atoms with Gasteiger partial charge in [-0.2, -0.15) is 0 Å². The van der Waals surface area contributed by atoms with Gasteiger partial charge in [0.15, 0.2) is 0 Å². The number of hydrogen-bond donors (Lipinski definition) is 2. The molecule has 8 heteroatoms. The number of rotatable bonds is 6. The van der Waals surface area contributed by atoms with Gasteiger partial charge in [-0.05, 0) is 44.0 Å². The van der Waals surface area contributed by atoms with Crippen molar-refractivity contribution in [2.24, 2.45) is 0 Å². The highest BCUT2D eigenvalue weighted by Gasteiger charge is 2.47. The lowest BCUT2D eigenvalue weighted by Gasteiger charge is -2.20. The maximum Gasteiger partial charge on any atom is 0.310 e. The first-order valence-corrected chi connectivity index (χ1v) is 11.0. The molecular formula is C21H23NO6S. The van der Waals surface area contributed by atoms with Crippen LogP contribution in [0.1, 0.15) is 42.7 Å². The summed E-state index contributed by atoms with van der Waals surface area (Å²) >= 11 is 0. The van der Waals surface area contributed by atoms with E-state index in [-0.39, 0.29) is 23.0 Å². The van der Waals surface area contributed by atoms with Gasteiger partial charge in [-0.15, -0.1) is 0 Å². The Morgan fingerprint density at radius 3 is 2.59 bits per heavy atom. The van der Waals surface area contributed by atoms with Crippen LogP contribution in [0, 0.1) is 0 Å². The largest absolute Gasteiger partial charge is 0.497 e. The molecule has 1 aliphatic heterocycles. The predicted molar refractivity (Wildman–Crippen MR) is 106 cm³/mol. The van der Waals surface area contributed by atoms with Crippen molar-refractivity contribution in [3.05, 3.63) is 53.6 Å². The Bertz CT molecular complexity index is 1030. The topological polar surface area (TPSA) is 102 Å². The molecule has 0 saturated heterocycles. The standard InChI is InChI=1S/C21H23NO6S/c1-12(21(23)24)15-4-3-5-16-19-17(10-11-18(19)28-20(15)16)22-29(25,26)14-8-6-13(27-2)7-9-14/h3-9,12,17-19,22H,10-11H2,1-2H3,(H,23,24). The van der Waals surface area contributed by atoms with Crippen LogP contribution in [-0.2, 0) is 14.8 Å². The van der Waals surface area contributed by atoms with E-state index in [1.807, 2.05) is 12.1 Å². The number of methoxy groups -OCH3 is 1. The number of ether oxygens (including phenoxy) is 2. The minimum atomic E-state index is -3.70. The SMILES string of the molecule is COc1ccc(S(=O)(=O)NC2CCC3Oc4c(C(C)C(=O)O)cccc4C23)cc1. The molecule has 2 aromatic rings. The van der Waals surface area contributed by atoms with Crippen LogP contribution in [0.15, 0.2) is 47.4 Å². The molecule has 0 aromatic heterocycles. The van der Waals surface area contributed by atoms with Gasteiger partial charge < -0.3 is 14.6 Å². The Morgan fingerprint density at radius 1 is 1.21 bits per heavy atom. The Kier molecular flexibility index (Phi) is 5.00. The number of sulfonamides is 1. The summed E-state index contributed by atoms with van der Waals surface area (Å²) in [6.45, 7) is 1.62. The molecule has 1 saturated carbocycles. The maximum atomic E-state index is 12.9. The number of nitrogens with one attached hydrogen (secondary N) is 1. The molecule has 0 bridgehead atoms. The zero-order chi connectivity index (χ0) is 20.8. The van der Waals surface area contributed by atoms with E-state index in [1.54, 1.807) is 25.1 Å². The van der Waals surface area contributed by atoms with E-state index in [0.29, 0.717) is 29.9 Å². The summed E-state index contributed by atoms with van der Waals surface area (Å²) in [6.07, 6.45) is 1.20. The number of benzene rings is 2. The van der Waals surface area contributed by atoms with Gasteiger partial charge in [-0.3, -0.25) is 4.79 Å². The Balaban J connectivity index is 1.61. The van der Waals surface area contributed by atoms with Crippen molar-refractivity contribution < 1.29 is 27.8 Å². The molecule has 154 valence electrons. The van der Waals surface area contributed by atoms with Gasteiger partial charge in [-0.25, -0.2) is 13.1 Å². The highest BCUT2D eigenvalue weighted by Crippen LogP contribution is 2.50. The molecule has 0 spiro atoms. The van der Waals surface area contributed by atoms with E-state index in [9.17, 15) is 18.3 Å². The molecule has 2 aliphatic rings. The van der Waals surface area contributed by atoms with Gasteiger partial charge in [-0.1, -0.05) is 18.2 Å². The van der Waals surface area contributed by atoms with E-state index in [0.717, 1.165) is 5.56 Å². The number of carboxylic acid groups (broad SMARTS) is 1. The lowest BCUT2D eigenvalue weighted by Crippen LogP contribution is -2.37. The molecule has 1 fully saturated rings. The number of aliphatic carboxylic acids is 1. The van der Waals surface area contributed by atoms with Gasteiger partial charge in [0.25, 0.3) is 0 Å². The molecule has 0 amide bonds. The monoisotopic (exact) mass is 417 g/mol. The normalized spacial score (nSPS) is 23.7. The Labute approximate surface area is 169 Å². The number of para-hydroxylation sites is 1. The summed E-state index contributed by atoms with van der Waals surface area (Å²) in [5.41, 5.74) is 1.50. The van der Waals surface area contributed by atoms with Crippen molar-refractivity contribution in [3.63, 3.8) is 0 Å². The third-order valence-corrected chi connectivity index (χ3v) is 7.32. The smallest absolute Gasteiger partial charge is 0.310 e. The van der Waals surface area contributed by atoms with Crippen LogP contribution in [0.5, 0.6) is 11.5 Å². The van der Waals surface area contributed by atoms with E-state index >= 15 is 0 Å². The Morgan fingerprint density at radius 2 is 1.93 bits per heavy atom. The lowest BCUT2D eigenvalue weighted by atomic mass is 9.90. The van der Waals surface area contributed by atoms with Crippen LogP contribution >= 0.6 is 0 Å². The van der Waals surface area contributed by atoms with Crippen molar-refractivity contribution in [2.75, 3.05) is 7.11 Å². The second-order valence-electron chi connectivity index (χ2n) is 7.49. The first-order valence-electron chi connectivity index (χ1n) is 9.50. The fraction of sp³-hybridized carbons (Fsp3) is 0.381. The maximum absolute atomic E-state index is 12.9. The predicted octanol–water partition coefficient (Wildman–Crippen LogP) is 2.87. The minimum Gasteiger partial charge on any atom is -0.497 e. The van der Waals surface area contributed by atoms with Gasteiger partial charge in [0.2, 0.25) is 10.0 Å². The van der Waals surface area contributed by atoms with Crippen LogP contribution < -0.4 is 14.2 Å². The molecule has 4 rings (SSSR count). The summed E-state index contributed by atoms with van der Waals surface area (Å²) < 4.78 is 39.8. The molecule has 29 heavy (non-hydrogen) atoms. The van der Waals surface area contributed by atoms with Crippen molar-refractivity contribution in [1.82, 2.24) is 4.72 Å². The zero-order valence-electron chi connectivity index (χ0n) is 16.2. The highest BCUT2D eigenvalue weighted by molar-refractivity contribution is 7.89. The molecule has 0 radical (unpaired) electrons. The number of carbonyl (C=O) groups is 1. The minimum absolute atomic E-state index is 0.140. The van der Waals surface area contributed by atoms with Gasteiger partial charge >= 0.3 is 5.97 Å². The number of fused-ring (bicyclic) bond motifs is 3. The molecule has 1 heterocycles. The molecule has 2 aromatic carbocycles. The lowest BCUT2D eigenvalue weighted by molar-refractivity contribution is -0.138. The van der Waals surface area contributed by atoms with E-state index in [2.05, 4.69) is 4.72 Å². The first-order chi connectivity index (χ1) is 13.8. The summed E-state index contributed by atoms with van der Waals surface area (Å²) in [5.74, 6) is -0.582. The molecule has 2 N–H and O–H groups in total. The van der Waals surface area contributed by atoms with Crippen LogP contribution in [-0.4, -0.2) is 38.7 Å². The third kappa shape index (κ3) is 3.47. The van der Waals surface area contributed by atoms with Gasteiger partial charge in [0.05, 0.1) is 17.9 Å². The van der Waals surface area contributed by atoms with Gasteiger partial charge in [0.1, 0.15) is 17.6 Å². The number of carboxylic acids is 1. The average molecular weight is 417 g/mol. The van der Waals surface area contributed by atoms with Crippen LogP contribution in [0.2, 0.25) is 0 Å². The molecule has 1 aliphatic carbocycles. The van der Waals surface area contributed by atoms with Crippen LogP contribution in [0.25, 0.3) is 0 Å². The average Bonchev–Trinajstić information content (AvgIpc) is 3.27. The van der Waals surface area contributed by atoms with Crippen LogP contribution in [0.3, 0.4) is 0 Å². The summed E-state index contributed by atoms with van der Waals surface area (Å²) in [7, 11) is -2.18. The number of hydrogen-bond acceptors (Lipinski definition) is 5. The summed E-state index contributed by atoms with van der Waals surface area (Å²) in [6, 6.07) is 11.4. The molecule has 7 nitrogen and oxygen atoms in total. The molecule has 4 atom stereocenters. The fourth-order valence-electron chi connectivity index (χ4n) is 4.26. The van der Waals surface area contributed by atoms with Gasteiger partial charge in [0, 0.05) is 23.1 Å². The van der Waals surface area contributed by atoms with E-state index in [4.69, 9.17) is 9.47 Å². The quantitative estimate of drug-likeness (QED) is 0.749. The van der Waals surface area contributed by atoms with Crippen molar-refractivity contribution in [3.8, 4) is 11.5 Å². The summed E-state index contributed by atoms with van der Waals surface area (Å²) in [5, 5.41) is 9.38. The third-order valence-electron chi connectivity index (χ3n) is 5.81. The first kappa shape index (κ1) is 19.7. The van der Waals surface area contributed by atoms with Crippen LogP contribution in [0.4, 0.5) is 0 Å². The highest BCUT2D eigenvalue weighted by atomic mass is 32.2. The van der Waals surface area contributed by atoms with E-state index in [1.165, 1.54) is 19.2 Å². The van der Waals surface area contributed by atoms with E-state index < -0.39 is 21.9 Å². The summed E-state index contributed by atoms with van der Waals surface area (Å²) in [4.78, 5) is 11.6. The fourth-order valence-corrected chi connectivity index (χ4v) is 5.56.